The molecule has 28 heavy (non-hydrogen) atoms. The van der Waals surface area contributed by atoms with Crippen LogP contribution < -0.4 is 4.74 Å². The Morgan fingerprint density at radius 3 is 2.64 bits per heavy atom. The highest BCUT2D eigenvalue weighted by molar-refractivity contribution is 9.08. The zero-order valence-electron chi connectivity index (χ0n) is 15.6. The number of alkyl halides is 1. The van der Waals surface area contributed by atoms with Gasteiger partial charge in [0.15, 0.2) is 17.2 Å². The van der Waals surface area contributed by atoms with Gasteiger partial charge >= 0.3 is 0 Å². The third-order valence-electron chi connectivity index (χ3n) is 5.24. The van der Waals surface area contributed by atoms with Gasteiger partial charge in [-0.15, -0.1) is 17.0 Å². The summed E-state index contributed by atoms with van der Waals surface area (Å²) in [7, 11) is 0. The van der Waals surface area contributed by atoms with E-state index in [-0.39, 0.29) is 22.8 Å². The molecule has 1 aliphatic carbocycles. The van der Waals surface area contributed by atoms with Crippen LogP contribution in [0.3, 0.4) is 0 Å². The number of Topliss-reactive ketones (excluding diaryl/α,β-unsaturated/α-hetero) is 1. The van der Waals surface area contributed by atoms with E-state index >= 15 is 0 Å². The van der Waals surface area contributed by atoms with E-state index in [4.69, 9.17) is 4.74 Å². The van der Waals surface area contributed by atoms with Gasteiger partial charge in [0.1, 0.15) is 5.75 Å². The molecule has 4 rings (SSSR count). The molecule has 0 aliphatic heterocycles. The predicted molar refractivity (Wildman–Crippen MR) is 119 cm³/mol. The Morgan fingerprint density at radius 2 is 1.96 bits per heavy atom. The zero-order valence-corrected chi connectivity index (χ0v) is 18.9. The first-order valence-electron chi connectivity index (χ1n) is 9.12. The highest BCUT2D eigenvalue weighted by Crippen LogP contribution is 2.38. The molecule has 1 N–H and O–H groups in total. The first-order valence-corrected chi connectivity index (χ1v) is 10.2. The summed E-state index contributed by atoms with van der Waals surface area (Å²) < 4.78 is 6.62. The highest BCUT2D eigenvalue weighted by atomic mass is 79.9. The van der Waals surface area contributed by atoms with Crippen molar-refractivity contribution in [1.82, 2.24) is 9.97 Å². The molecule has 1 heterocycles. The third-order valence-corrected chi connectivity index (χ3v) is 5.80. The van der Waals surface area contributed by atoms with Crippen molar-refractivity contribution in [2.24, 2.45) is 0 Å². The maximum absolute atomic E-state index is 12.3. The fourth-order valence-corrected chi connectivity index (χ4v) is 4.38. The second kappa shape index (κ2) is 8.62. The topological polar surface area (TPSA) is 55.0 Å². The lowest BCUT2D eigenvalue weighted by Crippen LogP contribution is -2.33. The number of rotatable bonds is 5. The van der Waals surface area contributed by atoms with Crippen molar-refractivity contribution in [3.8, 4) is 5.75 Å². The lowest BCUT2D eigenvalue weighted by atomic mass is 9.87. The van der Waals surface area contributed by atoms with Gasteiger partial charge < -0.3 is 9.72 Å². The van der Waals surface area contributed by atoms with Gasteiger partial charge in [-0.25, -0.2) is 4.98 Å². The average molecular weight is 506 g/mol. The summed E-state index contributed by atoms with van der Waals surface area (Å²) in [6, 6.07) is 13.9. The molecule has 1 aromatic heterocycles. The maximum Gasteiger partial charge on any atom is 0.188 e. The van der Waals surface area contributed by atoms with E-state index in [0.717, 1.165) is 46.7 Å². The first-order chi connectivity index (χ1) is 13.1. The van der Waals surface area contributed by atoms with Crippen LogP contribution in [-0.4, -0.2) is 15.8 Å². The van der Waals surface area contributed by atoms with E-state index in [0.29, 0.717) is 11.8 Å². The number of aromatic amines is 1. The summed E-state index contributed by atoms with van der Waals surface area (Å²) in [5.74, 6) is 1.74. The zero-order chi connectivity index (χ0) is 18.9. The molecule has 0 amide bonds. The largest absolute Gasteiger partial charge is 0.475 e. The Bertz CT molecular complexity index is 958. The van der Waals surface area contributed by atoms with Gasteiger partial charge in [-0.1, -0.05) is 46.3 Å². The van der Waals surface area contributed by atoms with Gasteiger partial charge in [0.25, 0.3) is 0 Å². The number of carbonyl (C=O) groups is 1. The standard InChI is InChI=1S/C22H21BrN2O2.BrH/c1-22(21-24-12-13-25-21,15-6-3-2-4-7-15)27-20-11-10-17-16(18(20)14-23)8-5-9-19(17)26;/h2-4,6-7,10-13H,5,8-9,14H2,1H3,(H,24,25);1H/t22-;/m0./s1. The second-order valence-electron chi connectivity index (χ2n) is 6.92. The number of aromatic nitrogens is 2. The van der Waals surface area contributed by atoms with Crippen molar-refractivity contribution in [3.05, 3.63) is 82.9 Å². The minimum Gasteiger partial charge on any atom is -0.475 e. The van der Waals surface area contributed by atoms with Crippen molar-refractivity contribution in [1.29, 1.82) is 0 Å². The Labute approximate surface area is 183 Å². The SMILES string of the molecule is Br.C[C@](Oc1ccc2c(c1CBr)CCCC2=O)(c1ccccc1)c1ncc[nH]1. The van der Waals surface area contributed by atoms with Gasteiger partial charge in [-0.05, 0) is 37.5 Å². The number of H-pyrrole nitrogens is 1. The molecule has 0 saturated carbocycles. The number of ketones is 1. The van der Waals surface area contributed by atoms with Gasteiger partial charge in [0.05, 0.1) is 0 Å². The Kier molecular flexibility index (Phi) is 6.40. The Balaban J connectivity index is 0.00000225. The number of halogens is 2. The van der Waals surface area contributed by atoms with Crippen molar-refractivity contribution >= 4 is 38.7 Å². The van der Waals surface area contributed by atoms with Crippen molar-refractivity contribution < 1.29 is 9.53 Å². The van der Waals surface area contributed by atoms with Crippen molar-refractivity contribution in [2.75, 3.05) is 0 Å². The lowest BCUT2D eigenvalue weighted by Gasteiger charge is -2.31. The molecule has 1 atom stereocenters. The molecular weight excluding hydrogens is 484 g/mol. The van der Waals surface area contributed by atoms with E-state index in [2.05, 4.69) is 25.9 Å². The number of hydrogen-bond donors (Lipinski definition) is 1. The molecule has 1 aliphatic rings. The van der Waals surface area contributed by atoms with Crippen LogP contribution in [0.4, 0.5) is 0 Å². The monoisotopic (exact) mass is 504 g/mol. The molecule has 0 unspecified atom stereocenters. The van der Waals surface area contributed by atoms with E-state index in [1.54, 1.807) is 12.4 Å². The number of hydrogen-bond acceptors (Lipinski definition) is 3. The van der Waals surface area contributed by atoms with Crippen LogP contribution in [0.15, 0.2) is 54.9 Å². The number of carbonyl (C=O) groups excluding carboxylic acids is 1. The van der Waals surface area contributed by atoms with Gasteiger partial charge in [-0.2, -0.15) is 0 Å². The normalized spacial score (nSPS) is 15.3. The van der Waals surface area contributed by atoms with Crippen LogP contribution in [0.1, 0.15) is 52.6 Å². The number of fused-ring (bicyclic) bond motifs is 1. The summed E-state index contributed by atoms with van der Waals surface area (Å²) in [5, 5.41) is 0.641. The molecule has 4 nitrogen and oxygen atoms in total. The van der Waals surface area contributed by atoms with E-state index < -0.39 is 5.60 Å². The summed E-state index contributed by atoms with van der Waals surface area (Å²) in [6.45, 7) is 2.02. The summed E-state index contributed by atoms with van der Waals surface area (Å²) in [5.41, 5.74) is 3.23. The molecule has 0 fully saturated rings. The Hall–Kier alpha value is -1.92. The third kappa shape index (κ3) is 3.67. The number of ether oxygens (including phenoxy) is 1. The van der Waals surface area contributed by atoms with Crippen LogP contribution in [0.5, 0.6) is 5.75 Å². The summed E-state index contributed by atoms with van der Waals surface area (Å²) in [6.07, 6.45) is 5.96. The van der Waals surface area contributed by atoms with Gasteiger partial charge in [0.2, 0.25) is 0 Å². The predicted octanol–water partition coefficient (Wildman–Crippen LogP) is 5.74. The minimum absolute atomic E-state index is 0. The minimum atomic E-state index is -0.769. The molecular formula is C22H22Br2N2O2. The maximum atomic E-state index is 12.3. The van der Waals surface area contributed by atoms with E-state index in [1.165, 1.54) is 0 Å². The molecule has 3 aromatic rings. The summed E-state index contributed by atoms with van der Waals surface area (Å²) in [4.78, 5) is 20.0. The molecule has 6 heteroatoms. The van der Waals surface area contributed by atoms with Gasteiger partial charge in [0, 0.05) is 40.8 Å². The lowest BCUT2D eigenvalue weighted by molar-refractivity contribution is 0.0971. The fourth-order valence-electron chi connectivity index (χ4n) is 3.77. The molecule has 0 radical (unpaired) electrons. The van der Waals surface area contributed by atoms with Crippen LogP contribution in [0, 0.1) is 0 Å². The van der Waals surface area contributed by atoms with Crippen molar-refractivity contribution in [2.45, 2.75) is 37.1 Å². The molecule has 0 spiro atoms. The molecule has 0 bridgehead atoms. The van der Waals surface area contributed by atoms with Crippen molar-refractivity contribution in [3.63, 3.8) is 0 Å². The average Bonchev–Trinajstić information content (AvgIpc) is 3.24. The smallest absolute Gasteiger partial charge is 0.188 e. The second-order valence-corrected chi connectivity index (χ2v) is 7.48. The van der Waals surface area contributed by atoms with E-state index in [1.807, 2.05) is 49.4 Å². The van der Waals surface area contributed by atoms with Crippen LogP contribution in [0.25, 0.3) is 0 Å². The molecule has 2 aromatic carbocycles. The van der Waals surface area contributed by atoms with Crippen LogP contribution >= 0.6 is 32.9 Å². The quantitative estimate of drug-likeness (QED) is 0.449. The Morgan fingerprint density at radius 1 is 1.18 bits per heavy atom. The van der Waals surface area contributed by atoms with Crippen LogP contribution in [-0.2, 0) is 17.4 Å². The number of nitrogens with one attached hydrogen (secondary N) is 1. The van der Waals surface area contributed by atoms with E-state index in [9.17, 15) is 4.79 Å². The highest BCUT2D eigenvalue weighted by Gasteiger charge is 2.35. The summed E-state index contributed by atoms with van der Waals surface area (Å²) >= 11 is 3.61. The number of benzene rings is 2. The molecule has 0 saturated heterocycles. The number of nitrogens with zero attached hydrogens (tertiary/aromatic N) is 1. The molecule has 146 valence electrons. The first kappa shape index (κ1) is 20.8. The van der Waals surface area contributed by atoms with Gasteiger partial charge in [-0.3, -0.25) is 4.79 Å². The van der Waals surface area contributed by atoms with Crippen LogP contribution in [0.2, 0.25) is 0 Å². The number of imidazole rings is 1. The fraction of sp³-hybridized carbons (Fsp3) is 0.273.